The number of aryl methyl sites for hydroxylation is 3. The van der Waals surface area contributed by atoms with Crippen LogP contribution in [0.5, 0.6) is 0 Å². The smallest absolute Gasteiger partial charge is 0.250 e. The van der Waals surface area contributed by atoms with Gasteiger partial charge in [-0.3, -0.25) is 28.8 Å². The van der Waals surface area contributed by atoms with Crippen LogP contribution in [0.25, 0.3) is 0 Å². The van der Waals surface area contributed by atoms with Crippen molar-refractivity contribution in [1.82, 2.24) is 41.7 Å². The van der Waals surface area contributed by atoms with Crippen molar-refractivity contribution >= 4 is 35.4 Å². The van der Waals surface area contributed by atoms with Crippen LogP contribution < -0.4 is 31.9 Å². The lowest BCUT2D eigenvalue weighted by atomic mass is 9.87. The Balaban J connectivity index is 1.01. The summed E-state index contributed by atoms with van der Waals surface area (Å²) in [6, 6.07) is 19.5. The number of benzene rings is 3. The molecule has 3 aromatic carbocycles. The fraction of sp³-hybridized carbons (Fsp3) is 0.529. The van der Waals surface area contributed by atoms with Crippen molar-refractivity contribution in [3.63, 3.8) is 0 Å². The molecule has 0 radical (unpaired) electrons. The zero-order valence-corrected chi connectivity index (χ0v) is 38.5. The second-order valence-electron chi connectivity index (χ2n) is 18.3. The Labute approximate surface area is 383 Å². The Hall–Kier alpha value is -5.60. The van der Waals surface area contributed by atoms with Gasteiger partial charge in [-0.2, -0.15) is 0 Å². The molecule has 6 N–H and O–H groups in total. The van der Waals surface area contributed by atoms with Crippen molar-refractivity contribution in [1.29, 1.82) is 0 Å². The Bertz CT molecular complexity index is 2180. The molecule has 14 heteroatoms. The summed E-state index contributed by atoms with van der Waals surface area (Å²) in [6.45, 7) is 4.31. The highest BCUT2D eigenvalue weighted by Gasteiger charge is 2.41. The van der Waals surface area contributed by atoms with Crippen LogP contribution in [0.2, 0.25) is 0 Å². The first-order valence-electron chi connectivity index (χ1n) is 23.9. The highest BCUT2D eigenvalue weighted by molar-refractivity contribution is 5.95. The lowest BCUT2D eigenvalue weighted by molar-refractivity contribution is -0.142. The van der Waals surface area contributed by atoms with Crippen LogP contribution in [-0.2, 0) is 48.0 Å². The number of nitrogens with zero attached hydrogens (tertiary/aromatic N) is 2. The summed E-state index contributed by atoms with van der Waals surface area (Å²) < 4.78 is 0. The van der Waals surface area contributed by atoms with Gasteiger partial charge in [0.05, 0.1) is 24.2 Å². The first-order chi connectivity index (χ1) is 31.5. The van der Waals surface area contributed by atoms with Gasteiger partial charge in [-0.15, -0.1) is 0 Å². The lowest BCUT2D eigenvalue weighted by Crippen LogP contribution is -2.55. The van der Waals surface area contributed by atoms with E-state index >= 15 is 0 Å². The third-order valence-corrected chi connectivity index (χ3v) is 14.1. The van der Waals surface area contributed by atoms with Gasteiger partial charge in [0.25, 0.3) is 0 Å². The number of fused-ring (bicyclic) bond motifs is 2. The van der Waals surface area contributed by atoms with E-state index in [1.165, 1.54) is 11.1 Å². The van der Waals surface area contributed by atoms with Gasteiger partial charge in [0, 0.05) is 13.1 Å². The van der Waals surface area contributed by atoms with E-state index in [0.717, 1.165) is 55.2 Å². The first-order valence-corrected chi connectivity index (χ1v) is 23.9. The molecule has 2 aliphatic carbocycles. The molecule has 4 aliphatic rings. The number of hydrogen-bond acceptors (Lipinski definition) is 8. The van der Waals surface area contributed by atoms with Gasteiger partial charge in [-0.1, -0.05) is 72.8 Å². The van der Waals surface area contributed by atoms with Gasteiger partial charge in [-0.05, 0) is 145 Å². The fourth-order valence-electron chi connectivity index (χ4n) is 10.1. The van der Waals surface area contributed by atoms with Gasteiger partial charge in [0.1, 0.15) is 24.2 Å². The summed E-state index contributed by atoms with van der Waals surface area (Å²) >= 11 is 0. The molecular formula is C51H68N8O6. The average molecular weight is 889 g/mol. The predicted molar refractivity (Wildman–Crippen MR) is 249 cm³/mol. The molecule has 0 aromatic heterocycles. The second kappa shape index (κ2) is 22.1. The maximum atomic E-state index is 14.5. The number of carbonyl (C=O) groups is 6. The molecule has 0 unspecified atom stereocenters. The molecule has 65 heavy (non-hydrogen) atoms. The molecule has 3 aromatic rings. The molecule has 0 spiro atoms. The van der Waals surface area contributed by atoms with E-state index in [2.05, 4.69) is 56.2 Å². The Kier molecular flexibility index (Phi) is 16.1. The van der Waals surface area contributed by atoms with E-state index in [-0.39, 0.29) is 47.5 Å². The van der Waals surface area contributed by atoms with E-state index in [1.807, 2.05) is 48.5 Å². The zero-order chi connectivity index (χ0) is 46.0. The number of carbonyl (C=O) groups excluding carboxylic acids is 6. The molecule has 14 nitrogen and oxygen atoms in total. The van der Waals surface area contributed by atoms with E-state index in [4.69, 9.17) is 0 Å². The number of rotatable bonds is 17. The Morgan fingerprint density at radius 1 is 0.600 bits per heavy atom. The third kappa shape index (κ3) is 11.3. The number of nitrogens with one attached hydrogen (secondary N) is 6. The summed E-state index contributed by atoms with van der Waals surface area (Å²) in [5.41, 5.74) is 6.31. The van der Waals surface area contributed by atoms with Crippen LogP contribution >= 0.6 is 0 Å². The quantitative estimate of drug-likeness (QED) is 0.117. The van der Waals surface area contributed by atoms with Crippen LogP contribution in [0.4, 0.5) is 0 Å². The molecular weight excluding hydrogens is 821 g/mol. The van der Waals surface area contributed by atoms with Gasteiger partial charge in [-0.25, -0.2) is 0 Å². The fourth-order valence-corrected chi connectivity index (χ4v) is 10.1. The predicted octanol–water partition coefficient (Wildman–Crippen LogP) is 4.24. The maximum Gasteiger partial charge on any atom is 0.250 e. The topological polar surface area (TPSA) is 181 Å². The molecule has 2 fully saturated rings. The number of likely N-dealkylation sites (tertiary alicyclic amines) is 2. The van der Waals surface area contributed by atoms with Crippen LogP contribution in [-0.4, -0.2) is 103 Å². The minimum absolute atomic E-state index is 0.0983. The highest BCUT2D eigenvalue weighted by Crippen LogP contribution is 2.33. The van der Waals surface area contributed by atoms with Crippen molar-refractivity contribution in [2.75, 3.05) is 27.2 Å². The number of likely N-dealkylation sites (N-methyl/N-ethyl adjacent to an activating group) is 2. The number of amides is 6. The van der Waals surface area contributed by atoms with Gasteiger partial charge in [0.15, 0.2) is 0 Å². The molecule has 0 saturated carbocycles. The SMILES string of the molecule is CN[C@@H](C)C(=O)N[C@@H](CCCc1ccc([C@H](NC(=O)[C@H](C)NC)C(=O)N2CCC[C@H]2C(=O)N[C@@H]2CCCc3ccccc32)cc1)C(=O)N1CCC[C@H]1C(=O)N[C@@H]1CCCc2ccccc21. The lowest BCUT2D eigenvalue weighted by Gasteiger charge is -2.32. The van der Waals surface area contributed by atoms with E-state index in [9.17, 15) is 28.8 Å². The van der Waals surface area contributed by atoms with E-state index in [1.54, 1.807) is 37.7 Å². The van der Waals surface area contributed by atoms with Crippen molar-refractivity contribution in [3.05, 3.63) is 106 Å². The monoisotopic (exact) mass is 889 g/mol. The highest BCUT2D eigenvalue weighted by atomic mass is 16.2. The van der Waals surface area contributed by atoms with Crippen molar-refractivity contribution in [2.24, 2.45) is 0 Å². The third-order valence-electron chi connectivity index (χ3n) is 14.1. The van der Waals surface area contributed by atoms with Crippen molar-refractivity contribution in [3.8, 4) is 0 Å². The Morgan fingerprint density at radius 2 is 1.09 bits per heavy atom. The molecule has 8 atom stereocenters. The molecule has 2 heterocycles. The zero-order valence-electron chi connectivity index (χ0n) is 38.5. The summed E-state index contributed by atoms with van der Waals surface area (Å²) in [6.07, 6.45) is 9.57. The number of hydrogen-bond donors (Lipinski definition) is 6. The second-order valence-corrected chi connectivity index (χ2v) is 18.3. The summed E-state index contributed by atoms with van der Waals surface area (Å²) in [4.78, 5) is 86.3. The summed E-state index contributed by atoms with van der Waals surface area (Å²) in [5.74, 6) is -1.56. The van der Waals surface area contributed by atoms with Crippen LogP contribution in [0.15, 0.2) is 72.8 Å². The molecule has 0 bridgehead atoms. The molecule has 2 aliphatic heterocycles. The molecule has 348 valence electrons. The first kappa shape index (κ1) is 47.4. The van der Waals surface area contributed by atoms with E-state index in [0.29, 0.717) is 63.6 Å². The van der Waals surface area contributed by atoms with Crippen LogP contribution in [0.1, 0.15) is 130 Å². The molecule has 7 rings (SSSR count). The Morgan fingerprint density at radius 3 is 1.62 bits per heavy atom. The van der Waals surface area contributed by atoms with Crippen molar-refractivity contribution < 1.29 is 28.8 Å². The van der Waals surface area contributed by atoms with Crippen LogP contribution in [0.3, 0.4) is 0 Å². The largest absolute Gasteiger partial charge is 0.347 e. The standard InChI is InChI=1S/C51H68N8O6/c1-32(52-3)46(60)56-42(50(64)58-30-12-24-43(58)48(62)54-40-21-10-17-35-15-5-7-19-38(35)40)23-9-14-34-26-28-37(29-27-34)45(57-47(61)33(2)53-4)51(65)59-31-13-25-44(59)49(63)55-41-22-11-18-36-16-6-8-20-39(36)41/h5-8,15-16,19-20,26-29,32-33,40-45,52-53H,9-14,17-18,21-25,30-31H2,1-4H3,(H,54,62)(H,55,63)(H,56,60)(H,57,61)/t32-,33-,40+,41+,42-,43-,44-,45-/m0/s1. The minimum Gasteiger partial charge on any atom is -0.347 e. The molecule has 2 saturated heterocycles. The summed E-state index contributed by atoms with van der Waals surface area (Å²) in [5, 5.41) is 18.3. The normalized spacial score (nSPS) is 22.1. The maximum absolute atomic E-state index is 14.5. The van der Waals surface area contributed by atoms with Crippen LogP contribution in [0, 0.1) is 0 Å². The van der Waals surface area contributed by atoms with Gasteiger partial charge in [0.2, 0.25) is 35.4 Å². The van der Waals surface area contributed by atoms with Crippen molar-refractivity contribution in [2.45, 2.75) is 146 Å². The average Bonchev–Trinajstić information content (AvgIpc) is 4.04. The summed E-state index contributed by atoms with van der Waals surface area (Å²) in [7, 11) is 3.38. The minimum atomic E-state index is -1.01. The van der Waals surface area contributed by atoms with Gasteiger partial charge < -0.3 is 41.7 Å². The molecule has 6 amide bonds. The van der Waals surface area contributed by atoms with E-state index < -0.39 is 36.3 Å². The van der Waals surface area contributed by atoms with Gasteiger partial charge >= 0.3 is 0 Å².